The molecule has 90 valence electrons. The Morgan fingerprint density at radius 3 is 2.47 bits per heavy atom. The third-order valence-corrected chi connectivity index (χ3v) is 3.24. The zero-order valence-electron chi connectivity index (χ0n) is 9.58. The summed E-state index contributed by atoms with van der Waals surface area (Å²) in [5, 5.41) is 4.55. The standard InChI is InChI=1S/C13H14Cl2N2/c1-2-17-7-6-10(9-17)8-16-13-11(14)4-3-5-12(13)15/h3-7,9,16H,2,8H2,1H3. The van der Waals surface area contributed by atoms with Crippen LogP contribution in [0.5, 0.6) is 0 Å². The zero-order chi connectivity index (χ0) is 12.3. The van der Waals surface area contributed by atoms with Crippen LogP contribution in [-0.4, -0.2) is 4.57 Å². The van der Waals surface area contributed by atoms with Gasteiger partial charge in [-0.25, -0.2) is 0 Å². The van der Waals surface area contributed by atoms with Crippen LogP contribution in [0.1, 0.15) is 12.5 Å². The average molecular weight is 269 g/mol. The third-order valence-electron chi connectivity index (χ3n) is 2.61. The van der Waals surface area contributed by atoms with E-state index < -0.39 is 0 Å². The second-order valence-corrected chi connectivity index (χ2v) is 4.61. The molecule has 1 aromatic heterocycles. The Morgan fingerprint density at radius 1 is 1.18 bits per heavy atom. The number of aromatic nitrogens is 1. The van der Waals surface area contributed by atoms with E-state index in [-0.39, 0.29) is 0 Å². The number of halogens is 2. The Balaban J connectivity index is 2.07. The van der Waals surface area contributed by atoms with E-state index in [0.717, 1.165) is 18.8 Å². The number of nitrogens with zero attached hydrogens (tertiary/aromatic N) is 1. The first-order valence-electron chi connectivity index (χ1n) is 5.53. The first-order chi connectivity index (χ1) is 8.20. The van der Waals surface area contributed by atoms with Crippen LogP contribution in [0.25, 0.3) is 0 Å². The molecule has 0 saturated heterocycles. The molecule has 0 amide bonds. The van der Waals surface area contributed by atoms with Gasteiger partial charge in [0.25, 0.3) is 0 Å². The van der Waals surface area contributed by atoms with Crippen molar-refractivity contribution in [1.29, 1.82) is 0 Å². The van der Waals surface area contributed by atoms with E-state index in [9.17, 15) is 0 Å². The first kappa shape index (κ1) is 12.3. The normalized spacial score (nSPS) is 10.5. The Morgan fingerprint density at radius 2 is 1.88 bits per heavy atom. The molecule has 17 heavy (non-hydrogen) atoms. The van der Waals surface area contributed by atoms with E-state index >= 15 is 0 Å². The monoisotopic (exact) mass is 268 g/mol. The first-order valence-corrected chi connectivity index (χ1v) is 6.29. The lowest BCUT2D eigenvalue weighted by molar-refractivity contribution is 0.766. The van der Waals surface area contributed by atoms with E-state index in [0.29, 0.717) is 10.0 Å². The summed E-state index contributed by atoms with van der Waals surface area (Å²) in [7, 11) is 0. The molecular weight excluding hydrogens is 255 g/mol. The minimum Gasteiger partial charge on any atom is -0.378 e. The van der Waals surface area contributed by atoms with Crippen LogP contribution in [0.15, 0.2) is 36.7 Å². The summed E-state index contributed by atoms with van der Waals surface area (Å²) in [6.45, 7) is 3.81. The maximum absolute atomic E-state index is 6.08. The minimum atomic E-state index is 0.646. The zero-order valence-corrected chi connectivity index (χ0v) is 11.1. The fourth-order valence-electron chi connectivity index (χ4n) is 1.65. The van der Waals surface area contributed by atoms with E-state index in [2.05, 4.69) is 35.3 Å². The molecule has 4 heteroatoms. The molecule has 1 N–H and O–H groups in total. The molecule has 0 spiro atoms. The highest BCUT2D eigenvalue weighted by Gasteiger charge is 2.04. The van der Waals surface area contributed by atoms with Gasteiger partial charge in [-0.05, 0) is 30.7 Å². The van der Waals surface area contributed by atoms with Gasteiger partial charge < -0.3 is 9.88 Å². The van der Waals surface area contributed by atoms with Crippen molar-refractivity contribution in [3.05, 3.63) is 52.3 Å². The molecule has 0 bridgehead atoms. The SMILES string of the molecule is CCn1ccc(CNc2c(Cl)cccc2Cl)c1. The summed E-state index contributed by atoms with van der Waals surface area (Å²) in [6.07, 6.45) is 4.17. The van der Waals surface area contributed by atoms with Gasteiger partial charge in [0.15, 0.2) is 0 Å². The quantitative estimate of drug-likeness (QED) is 0.868. The van der Waals surface area contributed by atoms with Crippen molar-refractivity contribution in [2.45, 2.75) is 20.0 Å². The molecule has 0 unspecified atom stereocenters. The minimum absolute atomic E-state index is 0.646. The summed E-state index contributed by atoms with van der Waals surface area (Å²) in [6, 6.07) is 7.57. The molecule has 0 radical (unpaired) electrons. The van der Waals surface area contributed by atoms with Crippen LogP contribution >= 0.6 is 23.2 Å². The van der Waals surface area contributed by atoms with Gasteiger partial charge in [-0.3, -0.25) is 0 Å². The molecule has 0 saturated carbocycles. The Kier molecular flexibility index (Phi) is 3.97. The highest BCUT2D eigenvalue weighted by molar-refractivity contribution is 6.39. The van der Waals surface area contributed by atoms with Crippen LogP contribution in [-0.2, 0) is 13.1 Å². The lowest BCUT2D eigenvalue weighted by Crippen LogP contribution is -2.00. The molecular formula is C13H14Cl2N2. The molecule has 2 aromatic rings. The van der Waals surface area contributed by atoms with Crippen LogP contribution in [0.2, 0.25) is 10.0 Å². The van der Waals surface area contributed by atoms with Crippen molar-refractivity contribution >= 4 is 28.9 Å². The van der Waals surface area contributed by atoms with E-state index in [4.69, 9.17) is 23.2 Å². The highest BCUT2D eigenvalue weighted by Crippen LogP contribution is 2.30. The number of anilines is 1. The number of nitrogens with one attached hydrogen (secondary N) is 1. The Bertz CT molecular complexity index is 486. The molecule has 2 rings (SSSR count). The Hall–Kier alpha value is -1.12. The van der Waals surface area contributed by atoms with Gasteiger partial charge in [0.2, 0.25) is 0 Å². The van der Waals surface area contributed by atoms with Crippen LogP contribution < -0.4 is 5.32 Å². The van der Waals surface area contributed by atoms with Gasteiger partial charge in [0.05, 0.1) is 15.7 Å². The number of benzene rings is 1. The molecule has 0 fully saturated rings. The summed E-state index contributed by atoms with van der Waals surface area (Å²) < 4.78 is 2.13. The number of rotatable bonds is 4. The summed E-state index contributed by atoms with van der Waals surface area (Å²) >= 11 is 12.2. The lowest BCUT2D eigenvalue weighted by Gasteiger charge is -2.09. The number of hydrogen-bond acceptors (Lipinski definition) is 1. The van der Waals surface area contributed by atoms with Crippen molar-refractivity contribution in [3.8, 4) is 0 Å². The highest BCUT2D eigenvalue weighted by atomic mass is 35.5. The van der Waals surface area contributed by atoms with Gasteiger partial charge in [0.1, 0.15) is 0 Å². The van der Waals surface area contributed by atoms with Crippen LogP contribution in [0, 0.1) is 0 Å². The third kappa shape index (κ3) is 2.96. The predicted octanol–water partition coefficient (Wildman–Crippen LogP) is 4.43. The lowest BCUT2D eigenvalue weighted by atomic mass is 10.3. The van der Waals surface area contributed by atoms with E-state index in [1.807, 2.05) is 18.2 Å². The van der Waals surface area contributed by atoms with Crippen LogP contribution in [0.3, 0.4) is 0 Å². The smallest absolute Gasteiger partial charge is 0.0721 e. The number of para-hydroxylation sites is 1. The van der Waals surface area contributed by atoms with Crippen molar-refractivity contribution in [3.63, 3.8) is 0 Å². The van der Waals surface area contributed by atoms with Gasteiger partial charge in [-0.15, -0.1) is 0 Å². The summed E-state index contributed by atoms with van der Waals surface area (Å²) in [4.78, 5) is 0. The Labute approximate surface area is 111 Å². The molecule has 0 aliphatic heterocycles. The van der Waals surface area contributed by atoms with Crippen molar-refractivity contribution in [2.24, 2.45) is 0 Å². The summed E-state index contributed by atoms with van der Waals surface area (Å²) in [5.41, 5.74) is 2.00. The van der Waals surface area contributed by atoms with Crippen LogP contribution in [0.4, 0.5) is 5.69 Å². The molecule has 0 aliphatic rings. The largest absolute Gasteiger partial charge is 0.378 e. The summed E-state index contributed by atoms with van der Waals surface area (Å²) in [5.74, 6) is 0. The number of aryl methyl sites for hydroxylation is 1. The second-order valence-electron chi connectivity index (χ2n) is 3.80. The molecule has 1 aromatic carbocycles. The fourth-order valence-corrected chi connectivity index (χ4v) is 2.18. The average Bonchev–Trinajstić information content (AvgIpc) is 2.76. The predicted molar refractivity (Wildman–Crippen MR) is 73.9 cm³/mol. The van der Waals surface area contributed by atoms with Gasteiger partial charge in [0, 0.05) is 25.5 Å². The van der Waals surface area contributed by atoms with E-state index in [1.165, 1.54) is 5.56 Å². The van der Waals surface area contributed by atoms with E-state index in [1.54, 1.807) is 0 Å². The molecule has 1 heterocycles. The van der Waals surface area contributed by atoms with Crippen molar-refractivity contribution in [1.82, 2.24) is 4.57 Å². The molecule has 0 atom stereocenters. The van der Waals surface area contributed by atoms with Crippen molar-refractivity contribution < 1.29 is 0 Å². The molecule has 2 nitrogen and oxygen atoms in total. The fraction of sp³-hybridized carbons (Fsp3) is 0.231. The molecule has 0 aliphatic carbocycles. The number of hydrogen-bond donors (Lipinski definition) is 1. The van der Waals surface area contributed by atoms with Gasteiger partial charge >= 0.3 is 0 Å². The maximum atomic E-state index is 6.08. The van der Waals surface area contributed by atoms with Crippen molar-refractivity contribution in [2.75, 3.05) is 5.32 Å². The van der Waals surface area contributed by atoms with Gasteiger partial charge in [-0.2, -0.15) is 0 Å². The second kappa shape index (κ2) is 5.48. The topological polar surface area (TPSA) is 17.0 Å². The van der Waals surface area contributed by atoms with Gasteiger partial charge in [-0.1, -0.05) is 29.3 Å². The maximum Gasteiger partial charge on any atom is 0.0721 e.